The molecule has 3 rings (SSSR count). The van der Waals surface area contributed by atoms with Crippen LogP contribution in [0.1, 0.15) is 23.6 Å². The Bertz CT molecular complexity index is 629. The topological polar surface area (TPSA) is 24.4 Å². The number of benzene rings is 2. The van der Waals surface area contributed by atoms with Gasteiger partial charge < -0.3 is 5.32 Å². The zero-order chi connectivity index (χ0) is 13.2. The van der Waals surface area contributed by atoms with Crippen LogP contribution in [0.5, 0.6) is 0 Å². The molecule has 2 aromatic rings. The van der Waals surface area contributed by atoms with Gasteiger partial charge in [-0.15, -0.1) is 0 Å². The highest BCUT2D eigenvalue weighted by Crippen LogP contribution is 2.29. The lowest BCUT2D eigenvalue weighted by molar-refractivity contribution is 0.763. The first-order valence-corrected chi connectivity index (χ1v) is 6.71. The molecule has 0 amide bonds. The Morgan fingerprint density at radius 3 is 2.47 bits per heavy atom. The Labute approximate surface area is 114 Å². The van der Waals surface area contributed by atoms with Gasteiger partial charge in [0.25, 0.3) is 0 Å². The molecule has 0 saturated carbocycles. The smallest absolute Gasteiger partial charge is 0.0669 e. The summed E-state index contributed by atoms with van der Waals surface area (Å²) in [5.41, 5.74) is 6.14. The van der Waals surface area contributed by atoms with Gasteiger partial charge in [0.1, 0.15) is 0 Å². The van der Waals surface area contributed by atoms with E-state index in [-0.39, 0.29) is 6.04 Å². The summed E-state index contributed by atoms with van der Waals surface area (Å²) in [6.45, 7) is 2.16. The summed E-state index contributed by atoms with van der Waals surface area (Å²) in [4.78, 5) is 4.91. The van der Waals surface area contributed by atoms with E-state index in [0.717, 1.165) is 17.8 Å². The summed E-state index contributed by atoms with van der Waals surface area (Å²) in [7, 11) is 1.98. The van der Waals surface area contributed by atoms with Crippen molar-refractivity contribution in [3.05, 3.63) is 65.2 Å². The van der Waals surface area contributed by atoms with Crippen molar-refractivity contribution in [2.24, 2.45) is 4.99 Å². The van der Waals surface area contributed by atoms with Crippen LogP contribution in [-0.2, 0) is 6.42 Å². The first-order valence-electron chi connectivity index (χ1n) is 6.71. The molecule has 2 aromatic carbocycles. The number of nitrogens with zero attached hydrogens (tertiary/aromatic N) is 1. The van der Waals surface area contributed by atoms with Crippen molar-refractivity contribution in [3.63, 3.8) is 0 Å². The highest BCUT2D eigenvalue weighted by Gasteiger charge is 2.19. The van der Waals surface area contributed by atoms with Crippen LogP contribution in [0.15, 0.2) is 53.5 Å². The minimum atomic E-state index is 0.243. The van der Waals surface area contributed by atoms with E-state index < -0.39 is 0 Å². The Morgan fingerprint density at radius 2 is 1.68 bits per heavy atom. The summed E-state index contributed by atoms with van der Waals surface area (Å²) >= 11 is 0. The van der Waals surface area contributed by atoms with Gasteiger partial charge in [-0.25, -0.2) is 0 Å². The third-order valence-electron chi connectivity index (χ3n) is 3.75. The molecule has 0 radical (unpaired) electrons. The lowest BCUT2D eigenvalue weighted by atomic mass is 9.95. The first kappa shape index (κ1) is 12.1. The van der Waals surface area contributed by atoms with Gasteiger partial charge in [0, 0.05) is 18.0 Å². The summed E-state index contributed by atoms with van der Waals surface area (Å²) in [5.74, 6) is 0. The van der Waals surface area contributed by atoms with Crippen LogP contribution < -0.4 is 5.32 Å². The van der Waals surface area contributed by atoms with Crippen LogP contribution in [0.4, 0.5) is 5.69 Å². The first-order chi connectivity index (χ1) is 9.29. The Morgan fingerprint density at radius 1 is 1.00 bits per heavy atom. The van der Waals surface area contributed by atoms with Gasteiger partial charge in [0.15, 0.2) is 0 Å². The Kier molecular flexibility index (Phi) is 3.18. The van der Waals surface area contributed by atoms with Gasteiger partial charge >= 0.3 is 0 Å². The number of hydrogen-bond donors (Lipinski definition) is 1. The van der Waals surface area contributed by atoms with E-state index in [2.05, 4.69) is 60.8 Å². The van der Waals surface area contributed by atoms with E-state index in [1.54, 1.807) is 0 Å². The lowest BCUT2D eigenvalue weighted by Crippen LogP contribution is -2.31. The fourth-order valence-electron chi connectivity index (χ4n) is 2.56. The van der Waals surface area contributed by atoms with E-state index in [9.17, 15) is 0 Å². The molecule has 0 bridgehead atoms. The van der Waals surface area contributed by atoms with Crippen molar-refractivity contribution in [2.75, 3.05) is 7.05 Å². The molecule has 2 nitrogen and oxygen atoms in total. The normalized spacial score (nSPS) is 14.9. The number of hydrogen-bond acceptors (Lipinski definition) is 2. The quantitative estimate of drug-likeness (QED) is 0.868. The third kappa shape index (κ3) is 2.20. The van der Waals surface area contributed by atoms with E-state index in [4.69, 9.17) is 4.99 Å². The summed E-state index contributed by atoms with van der Waals surface area (Å²) in [6, 6.07) is 17.2. The maximum atomic E-state index is 4.91. The van der Waals surface area contributed by atoms with Crippen molar-refractivity contribution < 1.29 is 0 Å². The Balaban J connectivity index is 2.22. The minimum absolute atomic E-state index is 0.243. The van der Waals surface area contributed by atoms with Gasteiger partial charge in [0.2, 0.25) is 0 Å². The third-order valence-corrected chi connectivity index (χ3v) is 3.75. The van der Waals surface area contributed by atoms with Crippen LogP contribution in [0, 0.1) is 0 Å². The zero-order valence-electron chi connectivity index (χ0n) is 11.4. The second kappa shape index (κ2) is 4.98. The van der Waals surface area contributed by atoms with Crippen molar-refractivity contribution in [2.45, 2.75) is 19.4 Å². The average molecular weight is 250 g/mol. The van der Waals surface area contributed by atoms with E-state index in [0.29, 0.717) is 0 Å². The second-order valence-electron chi connectivity index (χ2n) is 4.97. The number of nitrogens with one attached hydrogen (secondary N) is 1. The zero-order valence-corrected chi connectivity index (χ0v) is 11.4. The minimum Gasteiger partial charge on any atom is -0.312 e. The molecule has 0 aromatic heterocycles. The maximum absolute atomic E-state index is 4.91. The fourth-order valence-corrected chi connectivity index (χ4v) is 2.56. The molecule has 96 valence electrons. The average Bonchev–Trinajstić information content (AvgIpc) is 2.62. The number of para-hydroxylation sites is 1. The van der Waals surface area contributed by atoms with Crippen LogP contribution in [0.3, 0.4) is 0 Å². The molecule has 19 heavy (non-hydrogen) atoms. The molecule has 1 aliphatic heterocycles. The van der Waals surface area contributed by atoms with Crippen molar-refractivity contribution in [3.8, 4) is 0 Å². The monoisotopic (exact) mass is 250 g/mol. The van der Waals surface area contributed by atoms with Crippen LogP contribution in [0.2, 0.25) is 0 Å². The van der Waals surface area contributed by atoms with Crippen LogP contribution in [0.25, 0.3) is 0 Å². The SMILES string of the molecule is CNC(C)C1=Nc2ccccc2Cc2ccccc21. The molecule has 2 heteroatoms. The molecule has 1 heterocycles. The predicted octanol–water partition coefficient (Wildman–Crippen LogP) is 3.32. The van der Waals surface area contributed by atoms with Crippen LogP contribution >= 0.6 is 0 Å². The van der Waals surface area contributed by atoms with Crippen molar-refractivity contribution in [1.29, 1.82) is 0 Å². The summed E-state index contributed by atoms with van der Waals surface area (Å²) in [5, 5.41) is 3.30. The number of likely N-dealkylation sites (N-methyl/N-ethyl adjacent to an activating group) is 1. The standard InChI is InChI=1S/C17H18N2/c1-12(18-2)17-15-9-5-3-7-13(15)11-14-8-4-6-10-16(14)19-17/h3-10,12,18H,11H2,1-2H3. The van der Waals surface area contributed by atoms with E-state index in [1.165, 1.54) is 16.7 Å². The Hall–Kier alpha value is -1.93. The summed E-state index contributed by atoms with van der Waals surface area (Å²) in [6.07, 6.45) is 0.954. The number of fused-ring (bicyclic) bond motifs is 2. The maximum Gasteiger partial charge on any atom is 0.0669 e. The summed E-state index contributed by atoms with van der Waals surface area (Å²) < 4.78 is 0. The molecular formula is C17H18N2. The van der Waals surface area contributed by atoms with Gasteiger partial charge in [0.05, 0.1) is 11.4 Å². The molecule has 1 N–H and O–H groups in total. The number of aliphatic imine (C=N–C) groups is 1. The molecule has 0 fully saturated rings. The van der Waals surface area contributed by atoms with Gasteiger partial charge in [-0.3, -0.25) is 4.99 Å². The van der Waals surface area contributed by atoms with Gasteiger partial charge in [-0.1, -0.05) is 42.5 Å². The number of rotatable bonds is 2. The fraction of sp³-hybridized carbons (Fsp3) is 0.235. The molecule has 0 saturated heterocycles. The largest absolute Gasteiger partial charge is 0.312 e. The molecule has 1 aliphatic rings. The van der Waals surface area contributed by atoms with Crippen molar-refractivity contribution >= 4 is 11.4 Å². The van der Waals surface area contributed by atoms with E-state index in [1.807, 2.05) is 7.05 Å². The molecule has 0 spiro atoms. The highest BCUT2D eigenvalue weighted by molar-refractivity contribution is 6.07. The molecule has 1 unspecified atom stereocenters. The second-order valence-corrected chi connectivity index (χ2v) is 4.97. The van der Waals surface area contributed by atoms with Crippen molar-refractivity contribution in [1.82, 2.24) is 5.32 Å². The predicted molar refractivity (Wildman–Crippen MR) is 80.4 cm³/mol. The molecule has 0 aliphatic carbocycles. The molecular weight excluding hydrogens is 232 g/mol. The lowest BCUT2D eigenvalue weighted by Gasteiger charge is -2.15. The van der Waals surface area contributed by atoms with Crippen LogP contribution in [-0.4, -0.2) is 18.8 Å². The van der Waals surface area contributed by atoms with Gasteiger partial charge in [-0.2, -0.15) is 0 Å². The molecule has 1 atom stereocenters. The highest BCUT2D eigenvalue weighted by atomic mass is 14.9. The van der Waals surface area contributed by atoms with Gasteiger partial charge in [-0.05, 0) is 31.2 Å². The van der Waals surface area contributed by atoms with E-state index >= 15 is 0 Å².